The molecule has 5 heteroatoms. The first-order valence-corrected chi connectivity index (χ1v) is 14.0. The van der Waals surface area contributed by atoms with Crippen molar-refractivity contribution in [2.45, 2.75) is 27.2 Å². The van der Waals surface area contributed by atoms with E-state index in [2.05, 4.69) is 109 Å². The summed E-state index contributed by atoms with van der Waals surface area (Å²) in [6.07, 6.45) is 2.73. The van der Waals surface area contributed by atoms with Crippen LogP contribution in [-0.2, 0) is 6.42 Å². The Kier molecular flexibility index (Phi) is 6.12. The topological polar surface area (TPSA) is 44.9 Å². The summed E-state index contributed by atoms with van der Waals surface area (Å²) in [5, 5.41) is 7.30. The first-order valence-electron chi connectivity index (χ1n) is 14.0. The summed E-state index contributed by atoms with van der Waals surface area (Å²) >= 11 is 0. The Bertz CT molecular complexity index is 2030. The molecule has 0 atom stereocenters. The fourth-order valence-electron chi connectivity index (χ4n) is 5.81. The zero-order valence-electron chi connectivity index (χ0n) is 23.4. The number of pyridine rings is 1. The van der Waals surface area contributed by atoms with Gasteiger partial charge in [-0.15, -0.1) is 0 Å². The smallest absolute Gasteiger partial charge is 0.137 e. The summed E-state index contributed by atoms with van der Waals surface area (Å²) in [6, 6.07) is 37.5. The number of aryl methyl sites for hydroxylation is 2. The minimum atomic E-state index is 0.759. The van der Waals surface area contributed by atoms with Crippen molar-refractivity contribution in [2.24, 2.45) is 0 Å². The molecule has 0 saturated heterocycles. The van der Waals surface area contributed by atoms with Gasteiger partial charge < -0.3 is 4.74 Å². The third-order valence-corrected chi connectivity index (χ3v) is 7.63. The van der Waals surface area contributed by atoms with Crippen molar-refractivity contribution in [1.82, 2.24) is 19.3 Å². The Morgan fingerprint density at radius 2 is 1.49 bits per heavy atom. The SMILES string of the molecule is CCc1c(-c2ccccc2)c(C)nn1-c1cccc(Oc2ccc3c4ccccc4n(-c4cc(C)ccn4)c3c2)c1. The number of nitrogens with zero attached hydrogens (tertiary/aromatic N) is 4. The standard InChI is InChI=1S/C36H30N4O/c1-4-32-36(26-11-6-5-7-12-26)25(3)38-40(32)27-13-10-14-28(22-27)41-29-17-18-31-30-15-8-9-16-33(30)39(34(31)23-29)35-21-24(2)19-20-37-35/h5-23H,4H2,1-3H3. The third-order valence-electron chi connectivity index (χ3n) is 7.63. The van der Waals surface area contributed by atoms with Gasteiger partial charge in [0.15, 0.2) is 0 Å². The van der Waals surface area contributed by atoms with Gasteiger partial charge in [-0.1, -0.05) is 61.5 Å². The molecule has 0 fully saturated rings. The number of benzene rings is 4. The van der Waals surface area contributed by atoms with Gasteiger partial charge in [0.2, 0.25) is 0 Å². The van der Waals surface area contributed by atoms with Gasteiger partial charge in [-0.05, 0) is 73.9 Å². The van der Waals surface area contributed by atoms with Crippen molar-refractivity contribution in [1.29, 1.82) is 0 Å². The van der Waals surface area contributed by atoms with E-state index in [1.54, 1.807) is 0 Å². The molecule has 4 aromatic carbocycles. The van der Waals surface area contributed by atoms with Crippen LogP contribution in [0.4, 0.5) is 0 Å². The summed E-state index contributed by atoms with van der Waals surface area (Å²) in [5.74, 6) is 2.42. The normalized spacial score (nSPS) is 11.4. The number of aromatic nitrogens is 4. The van der Waals surface area contributed by atoms with Crippen LogP contribution >= 0.6 is 0 Å². The van der Waals surface area contributed by atoms with E-state index in [0.29, 0.717) is 0 Å². The van der Waals surface area contributed by atoms with Crippen LogP contribution in [0.1, 0.15) is 23.9 Å². The molecule has 0 N–H and O–H groups in total. The molecule has 0 bridgehead atoms. The first kappa shape index (κ1) is 24.9. The van der Waals surface area contributed by atoms with Crippen LogP contribution in [0, 0.1) is 13.8 Å². The largest absolute Gasteiger partial charge is 0.457 e. The number of hydrogen-bond acceptors (Lipinski definition) is 3. The molecule has 3 heterocycles. The van der Waals surface area contributed by atoms with Crippen molar-refractivity contribution in [3.05, 3.63) is 132 Å². The van der Waals surface area contributed by atoms with Crippen molar-refractivity contribution in [2.75, 3.05) is 0 Å². The number of hydrogen-bond donors (Lipinski definition) is 0. The summed E-state index contributed by atoms with van der Waals surface area (Å²) in [7, 11) is 0. The van der Waals surface area contributed by atoms with E-state index in [4.69, 9.17) is 14.8 Å². The van der Waals surface area contributed by atoms with E-state index in [0.717, 1.165) is 51.5 Å². The van der Waals surface area contributed by atoms with Gasteiger partial charge in [0.05, 0.1) is 28.1 Å². The third kappa shape index (κ3) is 4.36. The molecule has 7 aromatic rings. The van der Waals surface area contributed by atoms with Crippen LogP contribution in [0.2, 0.25) is 0 Å². The van der Waals surface area contributed by atoms with Gasteiger partial charge in [0.1, 0.15) is 17.3 Å². The molecule has 5 nitrogen and oxygen atoms in total. The van der Waals surface area contributed by atoms with Crippen molar-refractivity contribution in [3.8, 4) is 34.1 Å². The lowest BCUT2D eigenvalue weighted by Gasteiger charge is -2.12. The number of rotatable bonds is 6. The fraction of sp³-hybridized carbons (Fsp3) is 0.111. The molecular weight excluding hydrogens is 504 g/mol. The second-order valence-corrected chi connectivity index (χ2v) is 10.4. The van der Waals surface area contributed by atoms with Gasteiger partial charge >= 0.3 is 0 Å². The molecule has 0 aliphatic heterocycles. The summed E-state index contributed by atoms with van der Waals surface area (Å²) < 4.78 is 10.7. The first-order chi connectivity index (χ1) is 20.1. The van der Waals surface area contributed by atoms with Crippen LogP contribution in [0.15, 0.2) is 115 Å². The highest BCUT2D eigenvalue weighted by molar-refractivity contribution is 6.09. The van der Waals surface area contributed by atoms with Crippen LogP contribution in [-0.4, -0.2) is 19.3 Å². The highest BCUT2D eigenvalue weighted by Gasteiger charge is 2.18. The second-order valence-electron chi connectivity index (χ2n) is 10.4. The van der Waals surface area contributed by atoms with Gasteiger partial charge in [0.25, 0.3) is 0 Å². The summed E-state index contributed by atoms with van der Waals surface area (Å²) in [6.45, 7) is 6.35. The Morgan fingerprint density at radius 1 is 0.707 bits per heavy atom. The molecule has 0 aliphatic carbocycles. The molecular formula is C36H30N4O. The predicted molar refractivity (Wildman–Crippen MR) is 167 cm³/mol. The molecule has 0 radical (unpaired) electrons. The summed E-state index contributed by atoms with van der Waals surface area (Å²) in [5.41, 5.74) is 8.90. The monoisotopic (exact) mass is 534 g/mol. The molecule has 0 unspecified atom stereocenters. The van der Waals surface area contributed by atoms with E-state index in [-0.39, 0.29) is 0 Å². The van der Waals surface area contributed by atoms with Crippen LogP contribution in [0.3, 0.4) is 0 Å². The average Bonchev–Trinajstić information content (AvgIpc) is 3.51. The van der Waals surface area contributed by atoms with Crippen LogP contribution in [0.25, 0.3) is 44.4 Å². The van der Waals surface area contributed by atoms with Crippen molar-refractivity contribution < 1.29 is 4.74 Å². The molecule has 41 heavy (non-hydrogen) atoms. The molecule has 200 valence electrons. The zero-order valence-corrected chi connectivity index (χ0v) is 23.4. The molecule has 3 aromatic heterocycles. The Hall–Kier alpha value is -5.16. The van der Waals surface area contributed by atoms with E-state index < -0.39 is 0 Å². The lowest BCUT2D eigenvalue weighted by atomic mass is 10.0. The Labute approximate surface area is 239 Å². The average molecular weight is 535 g/mol. The Balaban J connectivity index is 1.30. The molecule has 0 spiro atoms. The van der Waals surface area contributed by atoms with E-state index >= 15 is 0 Å². The van der Waals surface area contributed by atoms with Gasteiger partial charge in [0, 0.05) is 34.7 Å². The van der Waals surface area contributed by atoms with Gasteiger partial charge in [-0.3, -0.25) is 4.57 Å². The van der Waals surface area contributed by atoms with E-state index in [9.17, 15) is 0 Å². The maximum atomic E-state index is 6.48. The van der Waals surface area contributed by atoms with Gasteiger partial charge in [-0.2, -0.15) is 5.10 Å². The maximum Gasteiger partial charge on any atom is 0.137 e. The lowest BCUT2D eigenvalue weighted by Crippen LogP contribution is -2.02. The highest BCUT2D eigenvalue weighted by atomic mass is 16.5. The quantitative estimate of drug-likeness (QED) is 0.214. The molecule has 7 rings (SSSR count). The van der Waals surface area contributed by atoms with Crippen LogP contribution < -0.4 is 4.74 Å². The summed E-state index contributed by atoms with van der Waals surface area (Å²) in [4.78, 5) is 4.70. The Morgan fingerprint density at radius 3 is 2.32 bits per heavy atom. The molecule has 0 saturated carbocycles. The molecule has 0 aliphatic rings. The number of ether oxygens (including phenoxy) is 1. The number of fused-ring (bicyclic) bond motifs is 3. The van der Waals surface area contributed by atoms with Gasteiger partial charge in [-0.25, -0.2) is 9.67 Å². The van der Waals surface area contributed by atoms with Crippen molar-refractivity contribution >= 4 is 21.8 Å². The fourth-order valence-corrected chi connectivity index (χ4v) is 5.81. The van der Waals surface area contributed by atoms with E-state index in [1.165, 1.54) is 27.8 Å². The highest BCUT2D eigenvalue weighted by Crippen LogP contribution is 2.36. The maximum absolute atomic E-state index is 6.48. The second kappa shape index (κ2) is 10.1. The van der Waals surface area contributed by atoms with E-state index in [1.807, 2.05) is 36.5 Å². The zero-order chi connectivity index (χ0) is 27.9. The minimum Gasteiger partial charge on any atom is -0.457 e. The predicted octanol–water partition coefficient (Wildman–Crippen LogP) is 9.00. The lowest BCUT2D eigenvalue weighted by molar-refractivity contribution is 0.482. The van der Waals surface area contributed by atoms with Crippen molar-refractivity contribution in [3.63, 3.8) is 0 Å². The molecule has 0 amide bonds. The minimum absolute atomic E-state index is 0.759. The number of para-hydroxylation sites is 1. The van der Waals surface area contributed by atoms with Crippen LogP contribution in [0.5, 0.6) is 11.5 Å².